The minimum absolute atomic E-state index is 0.591. The van der Waals surface area contributed by atoms with Crippen LogP contribution in [0.4, 0.5) is 17.1 Å². The second-order valence-corrected chi connectivity index (χ2v) is 14.0. The quantitative estimate of drug-likeness (QED) is 0.178. The van der Waals surface area contributed by atoms with E-state index in [2.05, 4.69) is 131 Å². The summed E-state index contributed by atoms with van der Waals surface area (Å²) in [5, 5.41) is 6.52. The fourth-order valence-corrected chi connectivity index (χ4v) is 8.32. The van der Waals surface area contributed by atoms with Crippen LogP contribution >= 0.6 is 0 Å². The molecular weight excluding hydrogens is 679 g/mol. The SMILES string of the molecule is c1ccc(-c2nc3cc4oc5cc(N(c6ccc7c8ccccc8n(-c8ccccc8)c7c6)c6cccc7c6oc6ccccc67)ccc5c4cc3o2)cc1. The Morgan fingerprint density at radius 1 is 0.418 bits per heavy atom. The summed E-state index contributed by atoms with van der Waals surface area (Å²) in [5.41, 5.74) is 11.8. The molecule has 0 N–H and O–H groups in total. The van der Waals surface area contributed by atoms with Crippen molar-refractivity contribution in [1.82, 2.24) is 9.55 Å². The highest BCUT2D eigenvalue weighted by Gasteiger charge is 2.23. The van der Waals surface area contributed by atoms with E-state index in [1.807, 2.05) is 54.6 Å². The first-order valence-electron chi connectivity index (χ1n) is 18.4. The molecule has 0 spiro atoms. The monoisotopic (exact) mass is 707 g/mol. The van der Waals surface area contributed by atoms with Crippen molar-refractivity contribution in [3.05, 3.63) is 176 Å². The first-order valence-corrected chi connectivity index (χ1v) is 18.4. The first-order chi connectivity index (χ1) is 27.2. The Morgan fingerprint density at radius 3 is 1.96 bits per heavy atom. The van der Waals surface area contributed by atoms with Gasteiger partial charge in [-0.2, -0.15) is 0 Å². The lowest BCUT2D eigenvalue weighted by Crippen LogP contribution is -2.10. The van der Waals surface area contributed by atoms with Crippen molar-refractivity contribution in [3.8, 4) is 17.1 Å². The summed E-state index contributed by atoms with van der Waals surface area (Å²) in [6, 6.07) is 60.9. The number of hydrogen-bond acceptors (Lipinski definition) is 5. The molecule has 6 heteroatoms. The molecule has 0 atom stereocenters. The average Bonchev–Trinajstić information content (AvgIpc) is 4.01. The van der Waals surface area contributed by atoms with Crippen LogP contribution in [-0.4, -0.2) is 9.55 Å². The van der Waals surface area contributed by atoms with Gasteiger partial charge in [-0.25, -0.2) is 4.98 Å². The molecule has 0 bridgehead atoms. The van der Waals surface area contributed by atoms with Gasteiger partial charge in [0.15, 0.2) is 11.2 Å². The molecule has 0 unspecified atom stereocenters. The Labute approximate surface area is 313 Å². The van der Waals surface area contributed by atoms with Crippen LogP contribution in [0.2, 0.25) is 0 Å². The topological polar surface area (TPSA) is 60.5 Å². The molecule has 12 rings (SSSR count). The molecule has 0 saturated heterocycles. The van der Waals surface area contributed by atoms with E-state index in [9.17, 15) is 0 Å². The van der Waals surface area contributed by atoms with E-state index in [1.54, 1.807) is 0 Å². The van der Waals surface area contributed by atoms with E-state index < -0.39 is 0 Å². The van der Waals surface area contributed by atoms with Crippen molar-refractivity contribution in [1.29, 1.82) is 0 Å². The van der Waals surface area contributed by atoms with Crippen LogP contribution in [0.5, 0.6) is 0 Å². The molecule has 8 aromatic carbocycles. The maximum absolute atomic E-state index is 6.66. The van der Waals surface area contributed by atoms with Crippen molar-refractivity contribution in [3.63, 3.8) is 0 Å². The lowest BCUT2D eigenvalue weighted by atomic mass is 10.1. The Hall–Kier alpha value is -7.57. The maximum Gasteiger partial charge on any atom is 0.227 e. The number of aromatic nitrogens is 2. The molecule has 0 aliphatic carbocycles. The van der Waals surface area contributed by atoms with E-state index in [0.717, 1.165) is 94.3 Å². The zero-order valence-corrected chi connectivity index (χ0v) is 29.3. The summed E-state index contributed by atoms with van der Waals surface area (Å²) in [5.74, 6) is 0.591. The third kappa shape index (κ3) is 4.52. The molecule has 12 aromatic rings. The second-order valence-electron chi connectivity index (χ2n) is 14.0. The lowest BCUT2D eigenvalue weighted by Gasteiger charge is -2.26. The second kappa shape index (κ2) is 11.5. The Morgan fingerprint density at radius 2 is 1.09 bits per heavy atom. The summed E-state index contributed by atoms with van der Waals surface area (Å²) in [6.07, 6.45) is 0. The standard InChI is InChI=1S/C49H29N3O3/c1-3-12-30(13-4-1)49-50-40-29-46-39(28-47(40)55-49)37-25-23-33(27-45(37)53-46)51(42-20-11-18-38-36-17-8-10-21-44(36)54-48(38)42)32-22-24-35-34-16-7-9-19-41(34)52(43(35)26-32)31-14-5-2-6-15-31/h1-29H. The third-order valence-corrected chi connectivity index (χ3v) is 10.8. The van der Waals surface area contributed by atoms with Crippen LogP contribution in [0.3, 0.4) is 0 Å². The minimum Gasteiger partial charge on any atom is -0.456 e. The summed E-state index contributed by atoms with van der Waals surface area (Å²) in [6.45, 7) is 0. The number of fused-ring (bicyclic) bond motifs is 10. The van der Waals surface area contributed by atoms with Crippen molar-refractivity contribution in [2.24, 2.45) is 0 Å². The molecule has 258 valence electrons. The van der Waals surface area contributed by atoms with Gasteiger partial charge in [0, 0.05) is 61.4 Å². The van der Waals surface area contributed by atoms with E-state index in [-0.39, 0.29) is 0 Å². The van der Waals surface area contributed by atoms with E-state index >= 15 is 0 Å². The number of rotatable bonds is 5. The molecule has 0 radical (unpaired) electrons. The summed E-state index contributed by atoms with van der Waals surface area (Å²) >= 11 is 0. The molecule has 0 saturated carbocycles. The van der Waals surface area contributed by atoms with Gasteiger partial charge < -0.3 is 22.7 Å². The summed E-state index contributed by atoms with van der Waals surface area (Å²) in [7, 11) is 0. The minimum atomic E-state index is 0.591. The fourth-order valence-electron chi connectivity index (χ4n) is 8.32. The van der Waals surface area contributed by atoms with Gasteiger partial charge >= 0.3 is 0 Å². The van der Waals surface area contributed by atoms with Gasteiger partial charge in [-0.3, -0.25) is 0 Å². The molecule has 4 heterocycles. The third-order valence-electron chi connectivity index (χ3n) is 10.8. The van der Waals surface area contributed by atoms with Gasteiger partial charge in [-0.15, -0.1) is 0 Å². The Kier molecular flexibility index (Phi) is 6.24. The number of hydrogen-bond donors (Lipinski definition) is 0. The predicted octanol–water partition coefficient (Wildman–Crippen LogP) is 13.9. The molecule has 6 nitrogen and oxygen atoms in total. The van der Waals surface area contributed by atoms with Crippen LogP contribution < -0.4 is 4.90 Å². The zero-order valence-electron chi connectivity index (χ0n) is 29.3. The Balaban J connectivity index is 1.09. The first kappa shape index (κ1) is 29.9. The molecule has 4 aromatic heterocycles. The van der Waals surface area contributed by atoms with Crippen LogP contribution in [0.15, 0.2) is 189 Å². The summed E-state index contributed by atoms with van der Waals surface area (Å²) < 4.78 is 21.9. The van der Waals surface area contributed by atoms with Crippen LogP contribution in [0.1, 0.15) is 0 Å². The predicted molar refractivity (Wildman–Crippen MR) is 223 cm³/mol. The average molecular weight is 708 g/mol. The summed E-state index contributed by atoms with van der Waals surface area (Å²) in [4.78, 5) is 7.08. The van der Waals surface area contributed by atoms with E-state index in [1.165, 1.54) is 10.8 Å². The Bertz CT molecular complexity index is 3440. The number of anilines is 3. The number of oxazole rings is 1. The molecule has 55 heavy (non-hydrogen) atoms. The van der Waals surface area contributed by atoms with E-state index in [0.29, 0.717) is 5.89 Å². The molecule has 0 amide bonds. The largest absolute Gasteiger partial charge is 0.456 e. The molecule has 0 fully saturated rings. The number of nitrogens with zero attached hydrogens (tertiary/aromatic N) is 3. The van der Waals surface area contributed by atoms with Gasteiger partial charge in [0.2, 0.25) is 5.89 Å². The molecule has 0 aliphatic rings. The van der Waals surface area contributed by atoms with Crippen LogP contribution in [0, 0.1) is 0 Å². The highest BCUT2D eigenvalue weighted by Crippen LogP contribution is 2.45. The van der Waals surface area contributed by atoms with Crippen molar-refractivity contribution >= 4 is 93.8 Å². The smallest absolute Gasteiger partial charge is 0.227 e. The van der Waals surface area contributed by atoms with Gasteiger partial charge in [0.1, 0.15) is 22.3 Å². The highest BCUT2D eigenvalue weighted by molar-refractivity contribution is 6.14. The van der Waals surface area contributed by atoms with Crippen molar-refractivity contribution in [2.45, 2.75) is 0 Å². The number of benzene rings is 8. The molecular formula is C49H29N3O3. The number of para-hydroxylation sites is 4. The fraction of sp³-hybridized carbons (Fsp3) is 0. The molecule has 0 aliphatic heterocycles. The van der Waals surface area contributed by atoms with Crippen molar-refractivity contribution < 1.29 is 13.3 Å². The van der Waals surface area contributed by atoms with Gasteiger partial charge in [0.25, 0.3) is 0 Å². The van der Waals surface area contributed by atoms with Crippen LogP contribution in [-0.2, 0) is 0 Å². The lowest BCUT2D eigenvalue weighted by molar-refractivity contribution is 0.620. The normalized spacial score (nSPS) is 12.0. The maximum atomic E-state index is 6.66. The van der Waals surface area contributed by atoms with Gasteiger partial charge in [0.05, 0.1) is 22.4 Å². The highest BCUT2D eigenvalue weighted by atomic mass is 16.4. The van der Waals surface area contributed by atoms with Crippen LogP contribution in [0.25, 0.3) is 93.9 Å². The number of furan rings is 2. The zero-order chi connectivity index (χ0) is 36.0. The van der Waals surface area contributed by atoms with Crippen molar-refractivity contribution in [2.75, 3.05) is 4.90 Å². The van der Waals surface area contributed by atoms with Gasteiger partial charge in [-0.05, 0) is 72.8 Å². The van der Waals surface area contributed by atoms with Gasteiger partial charge in [-0.1, -0.05) is 91.0 Å². The van der Waals surface area contributed by atoms with E-state index in [4.69, 9.17) is 18.2 Å².